The van der Waals surface area contributed by atoms with E-state index in [4.69, 9.17) is 4.74 Å². The van der Waals surface area contributed by atoms with Gasteiger partial charge in [-0.2, -0.15) is 0 Å². The van der Waals surface area contributed by atoms with E-state index in [0.717, 1.165) is 48.2 Å². The highest BCUT2D eigenvalue weighted by molar-refractivity contribution is 5.95. The minimum Gasteiger partial charge on any atom is -0.490 e. The van der Waals surface area contributed by atoms with E-state index in [9.17, 15) is 4.79 Å². The molecule has 2 rings (SSSR count). The lowest BCUT2D eigenvalue weighted by Gasteiger charge is -2.23. The molecule has 1 amide bonds. The van der Waals surface area contributed by atoms with E-state index < -0.39 is 0 Å². The van der Waals surface area contributed by atoms with Crippen LogP contribution in [0.1, 0.15) is 57.6 Å². The average molecular weight is 289 g/mol. The third-order valence-corrected chi connectivity index (χ3v) is 4.33. The lowest BCUT2D eigenvalue weighted by atomic mass is 9.87. The molecular formula is C18H27NO2. The molecule has 1 aromatic carbocycles. The molecule has 21 heavy (non-hydrogen) atoms. The van der Waals surface area contributed by atoms with Crippen LogP contribution in [0.25, 0.3) is 0 Å². The number of benzene rings is 1. The van der Waals surface area contributed by atoms with Gasteiger partial charge >= 0.3 is 0 Å². The van der Waals surface area contributed by atoms with Gasteiger partial charge in [0.1, 0.15) is 5.75 Å². The second-order valence-electron chi connectivity index (χ2n) is 6.83. The molecule has 1 N–H and O–H groups in total. The van der Waals surface area contributed by atoms with E-state index in [0.29, 0.717) is 0 Å². The van der Waals surface area contributed by atoms with Crippen LogP contribution < -0.4 is 10.1 Å². The molecule has 3 heteroatoms. The van der Waals surface area contributed by atoms with Crippen molar-refractivity contribution in [3.63, 3.8) is 0 Å². The minimum atomic E-state index is -0.199. The zero-order valence-corrected chi connectivity index (χ0v) is 13.9. The smallest absolute Gasteiger partial charge is 0.230 e. The summed E-state index contributed by atoms with van der Waals surface area (Å²) in [5.74, 6) is 1.08. The lowest BCUT2D eigenvalue weighted by molar-refractivity contribution is -0.124. The van der Waals surface area contributed by atoms with Crippen LogP contribution in [0.2, 0.25) is 0 Å². The van der Waals surface area contributed by atoms with Crippen LogP contribution in [-0.4, -0.2) is 12.0 Å². The zero-order valence-electron chi connectivity index (χ0n) is 13.9. The van der Waals surface area contributed by atoms with E-state index in [1.165, 1.54) is 0 Å². The molecule has 0 aliphatic heterocycles. The lowest BCUT2D eigenvalue weighted by Crippen LogP contribution is -2.30. The summed E-state index contributed by atoms with van der Waals surface area (Å²) in [7, 11) is 0. The SMILES string of the molecule is Cc1cc(NC(=O)C2(C)CCCC2)cc(C)c1OC(C)C. The Kier molecular flexibility index (Phi) is 4.60. The van der Waals surface area contributed by atoms with Crippen molar-refractivity contribution in [1.29, 1.82) is 0 Å². The van der Waals surface area contributed by atoms with Gasteiger partial charge in [0, 0.05) is 11.1 Å². The van der Waals surface area contributed by atoms with Crippen molar-refractivity contribution in [1.82, 2.24) is 0 Å². The van der Waals surface area contributed by atoms with Crippen LogP contribution in [0.3, 0.4) is 0 Å². The molecule has 0 spiro atoms. The first-order valence-electron chi connectivity index (χ1n) is 7.91. The molecule has 0 bridgehead atoms. The molecule has 1 fully saturated rings. The maximum Gasteiger partial charge on any atom is 0.230 e. The maximum atomic E-state index is 12.5. The van der Waals surface area contributed by atoms with Crippen molar-refractivity contribution in [2.75, 3.05) is 5.32 Å². The number of hydrogen-bond acceptors (Lipinski definition) is 2. The molecule has 1 aliphatic rings. The van der Waals surface area contributed by atoms with Crippen LogP contribution in [0.4, 0.5) is 5.69 Å². The maximum absolute atomic E-state index is 12.5. The number of carbonyl (C=O) groups excluding carboxylic acids is 1. The second-order valence-corrected chi connectivity index (χ2v) is 6.83. The summed E-state index contributed by atoms with van der Waals surface area (Å²) in [6, 6.07) is 4.00. The first-order chi connectivity index (χ1) is 9.82. The minimum absolute atomic E-state index is 0.149. The van der Waals surface area contributed by atoms with E-state index in [-0.39, 0.29) is 17.4 Å². The van der Waals surface area contributed by atoms with Crippen LogP contribution in [0.5, 0.6) is 5.75 Å². The number of aryl methyl sites for hydroxylation is 2. The number of anilines is 1. The van der Waals surface area contributed by atoms with E-state index in [1.807, 2.05) is 39.8 Å². The van der Waals surface area contributed by atoms with Gasteiger partial charge in [0.15, 0.2) is 0 Å². The molecule has 0 aromatic heterocycles. The number of carbonyl (C=O) groups is 1. The van der Waals surface area contributed by atoms with Gasteiger partial charge in [0.25, 0.3) is 0 Å². The van der Waals surface area contributed by atoms with Gasteiger partial charge in [-0.1, -0.05) is 19.8 Å². The molecular weight excluding hydrogens is 262 g/mol. The van der Waals surface area contributed by atoms with Gasteiger partial charge in [-0.15, -0.1) is 0 Å². The third-order valence-electron chi connectivity index (χ3n) is 4.33. The summed E-state index contributed by atoms with van der Waals surface area (Å²) in [5, 5.41) is 3.09. The number of rotatable bonds is 4. The molecule has 1 aliphatic carbocycles. The Morgan fingerprint density at radius 3 is 2.19 bits per heavy atom. The Morgan fingerprint density at radius 2 is 1.71 bits per heavy atom. The predicted molar refractivity (Wildman–Crippen MR) is 86.9 cm³/mol. The molecule has 0 atom stereocenters. The summed E-state index contributed by atoms with van der Waals surface area (Å²) in [6.07, 6.45) is 4.45. The fourth-order valence-corrected chi connectivity index (χ4v) is 3.11. The van der Waals surface area contributed by atoms with Gasteiger partial charge in [0.2, 0.25) is 5.91 Å². The number of hydrogen-bond donors (Lipinski definition) is 1. The Balaban J connectivity index is 2.16. The average Bonchev–Trinajstić information content (AvgIpc) is 2.82. The molecule has 3 nitrogen and oxygen atoms in total. The fourth-order valence-electron chi connectivity index (χ4n) is 3.11. The fraction of sp³-hybridized carbons (Fsp3) is 0.611. The zero-order chi connectivity index (χ0) is 15.6. The van der Waals surface area contributed by atoms with E-state index >= 15 is 0 Å². The Labute approximate surface area is 128 Å². The topological polar surface area (TPSA) is 38.3 Å². The predicted octanol–water partition coefficient (Wildman–Crippen LogP) is 4.61. The summed E-state index contributed by atoms with van der Waals surface area (Å²) < 4.78 is 5.84. The molecule has 0 radical (unpaired) electrons. The van der Waals surface area contributed by atoms with Crippen molar-refractivity contribution in [2.24, 2.45) is 5.41 Å². The monoisotopic (exact) mass is 289 g/mol. The highest BCUT2D eigenvalue weighted by Gasteiger charge is 2.36. The van der Waals surface area contributed by atoms with Gasteiger partial charge < -0.3 is 10.1 Å². The summed E-state index contributed by atoms with van der Waals surface area (Å²) in [6.45, 7) is 10.2. The first-order valence-corrected chi connectivity index (χ1v) is 7.91. The van der Waals surface area contributed by atoms with Crippen molar-refractivity contribution >= 4 is 11.6 Å². The normalized spacial score (nSPS) is 17.0. The Hall–Kier alpha value is -1.51. The van der Waals surface area contributed by atoms with Crippen LogP contribution in [-0.2, 0) is 4.79 Å². The molecule has 0 heterocycles. The van der Waals surface area contributed by atoms with Crippen molar-refractivity contribution in [3.05, 3.63) is 23.3 Å². The second kappa shape index (κ2) is 6.08. The quantitative estimate of drug-likeness (QED) is 0.879. The highest BCUT2D eigenvalue weighted by Crippen LogP contribution is 2.39. The molecule has 1 aromatic rings. The molecule has 0 saturated heterocycles. The summed E-state index contributed by atoms with van der Waals surface area (Å²) in [4.78, 5) is 12.5. The van der Waals surface area contributed by atoms with Crippen LogP contribution in [0.15, 0.2) is 12.1 Å². The number of nitrogens with one attached hydrogen (secondary N) is 1. The Bertz CT molecular complexity index is 505. The highest BCUT2D eigenvalue weighted by atomic mass is 16.5. The molecule has 0 unspecified atom stereocenters. The number of amides is 1. The van der Waals surface area contributed by atoms with Gasteiger partial charge in [0.05, 0.1) is 6.10 Å². The largest absolute Gasteiger partial charge is 0.490 e. The van der Waals surface area contributed by atoms with Crippen molar-refractivity contribution < 1.29 is 9.53 Å². The van der Waals surface area contributed by atoms with Gasteiger partial charge in [-0.25, -0.2) is 0 Å². The van der Waals surface area contributed by atoms with Gasteiger partial charge in [-0.05, 0) is 63.8 Å². The van der Waals surface area contributed by atoms with Crippen molar-refractivity contribution in [3.8, 4) is 5.75 Å². The molecule has 116 valence electrons. The first kappa shape index (κ1) is 15.9. The van der Waals surface area contributed by atoms with Gasteiger partial charge in [-0.3, -0.25) is 4.79 Å². The van der Waals surface area contributed by atoms with Crippen LogP contribution >= 0.6 is 0 Å². The summed E-state index contributed by atoms with van der Waals surface area (Å²) in [5.41, 5.74) is 2.81. The molecule has 1 saturated carbocycles. The van der Waals surface area contributed by atoms with E-state index in [1.54, 1.807) is 0 Å². The van der Waals surface area contributed by atoms with Crippen molar-refractivity contribution in [2.45, 2.75) is 66.4 Å². The number of ether oxygens (including phenoxy) is 1. The Morgan fingerprint density at radius 1 is 1.19 bits per heavy atom. The third kappa shape index (κ3) is 3.58. The van der Waals surface area contributed by atoms with E-state index in [2.05, 4.69) is 12.2 Å². The summed E-state index contributed by atoms with van der Waals surface area (Å²) >= 11 is 0. The standard InChI is InChI=1S/C18H27NO2/c1-12(2)21-16-13(3)10-15(11-14(16)4)19-17(20)18(5)8-6-7-9-18/h10-12H,6-9H2,1-5H3,(H,19,20). The van der Waals surface area contributed by atoms with Crippen LogP contribution in [0, 0.1) is 19.3 Å².